The van der Waals surface area contributed by atoms with E-state index in [1.54, 1.807) is 7.11 Å². The molecule has 3 fully saturated rings. The second-order valence-electron chi connectivity index (χ2n) is 5.42. The average molecular weight is 226 g/mol. The molecule has 2 heterocycles. The molecule has 92 valence electrons. The minimum absolute atomic E-state index is 0.463. The van der Waals surface area contributed by atoms with E-state index in [9.17, 15) is 0 Å². The number of ether oxygens (including phenoxy) is 3. The van der Waals surface area contributed by atoms with Crippen LogP contribution in [-0.2, 0) is 14.2 Å². The van der Waals surface area contributed by atoms with Crippen LogP contribution < -0.4 is 0 Å². The topological polar surface area (TPSA) is 27.7 Å². The van der Waals surface area contributed by atoms with E-state index < -0.39 is 5.97 Å². The van der Waals surface area contributed by atoms with Crippen LogP contribution in [0.4, 0.5) is 0 Å². The lowest BCUT2D eigenvalue weighted by molar-refractivity contribution is -0.436. The van der Waals surface area contributed by atoms with Gasteiger partial charge in [0.05, 0.1) is 13.2 Å². The molecule has 1 aliphatic carbocycles. The van der Waals surface area contributed by atoms with Gasteiger partial charge in [-0.2, -0.15) is 0 Å². The number of methoxy groups -OCH3 is 1. The van der Waals surface area contributed by atoms with Crippen LogP contribution in [0.5, 0.6) is 0 Å². The molecule has 0 radical (unpaired) electrons. The van der Waals surface area contributed by atoms with Gasteiger partial charge in [-0.3, -0.25) is 0 Å². The number of fused-ring (bicyclic) bond motifs is 3. The predicted molar refractivity (Wildman–Crippen MR) is 59.8 cm³/mol. The van der Waals surface area contributed by atoms with Crippen LogP contribution >= 0.6 is 0 Å². The van der Waals surface area contributed by atoms with Gasteiger partial charge in [0.2, 0.25) is 0 Å². The van der Waals surface area contributed by atoms with Crippen LogP contribution in [-0.4, -0.2) is 26.3 Å². The van der Waals surface area contributed by atoms with E-state index in [1.807, 2.05) is 0 Å². The zero-order chi connectivity index (χ0) is 11.0. The molecule has 2 saturated heterocycles. The van der Waals surface area contributed by atoms with Gasteiger partial charge >= 0.3 is 0 Å². The smallest absolute Gasteiger partial charge is 0.285 e. The molecule has 3 heteroatoms. The van der Waals surface area contributed by atoms with E-state index in [1.165, 1.54) is 32.1 Å². The summed E-state index contributed by atoms with van der Waals surface area (Å²) in [4.78, 5) is 0. The number of hydrogen-bond acceptors (Lipinski definition) is 3. The van der Waals surface area contributed by atoms with Crippen molar-refractivity contribution in [3.05, 3.63) is 0 Å². The maximum Gasteiger partial charge on any atom is 0.285 e. The molecule has 0 aromatic rings. The Morgan fingerprint density at radius 3 is 2.81 bits per heavy atom. The molecule has 0 amide bonds. The molecule has 0 aromatic carbocycles. The zero-order valence-electron chi connectivity index (χ0n) is 10.1. The van der Waals surface area contributed by atoms with E-state index in [0.29, 0.717) is 5.92 Å². The molecule has 3 rings (SSSR count). The third-order valence-corrected chi connectivity index (χ3v) is 4.68. The number of hydrogen-bond donors (Lipinski definition) is 0. The fourth-order valence-electron chi connectivity index (χ4n) is 3.89. The predicted octanol–water partition coefficient (Wildman–Crippen LogP) is 2.55. The first-order valence-electron chi connectivity index (χ1n) is 6.69. The standard InChI is InChI=1S/C13H22O3/c1-14-13-12(7-4-8-15-13)11-6-3-2-5-10(11)9-16-13/h10-12H,2-9H2,1H3/t10-,11+,12-,13+/m0/s1. The van der Waals surface area contributed by atoms with E-state index in [-0.39, 0.29) is 0 Å². The van der Waals surface area contributed by atoms with Crippen molar-refractivity contribution in [3.63, 3.8) is 0 Å². The maximum absolute atomic E-state index is 5.94. The average Bonchev–Trinajstić information content (AvgIpc) is 2.38. The highest BCUT2D eigenvalue weighted by atomic mass is 16.9. The summed E-state index contributed by atoms with van der Waals surface area (Å²) in [5, 5.41) is 0. The summed E-state index contributed by atoms with van der Waals surface area (Å²) in [5.74, 6) is 1.29. The Balaban J connectivity index is 1.83. The first-order valence-corrected chi connectivity index (χ1v) is 6.69. The molecule has 16 heavy (non-hydrogen) atoms. The fourth-order valence-corrected chi connectivity index (χ4v) is 3.89. The van der Waals surface area contributed by atoms with E-state index in [4.69, 9.17) is 14.2 Å². The van der Waals surface area contributed by atoms with Crippen molar-refractivity contribution in [1.29, 1.82) is 0 Å². The van der Waals surface area contributed by atoms with Gasteiger partial charge < -0.3 is 14.2 Å². The molecule has 0 spiro atoms. The lowest BCUT2D eigenvalue weighted by Crippen LogP contribution is -2.57. The highest BCUT2D eigenvalue weighted by molar-refractivity contribution is 4.91. The molecule has 0 aromatic heterocycles. The Bertz CT molecular complexity index is 256. The second-order valence-corrected chi connectivity index (χ2v) is 5.42. The largest absolute Gasteiger partial charge is 0.331 e. The summed E-state index contributed by atoms with van der Waals surface area (Å²) in [6.45, 7) is 1.61. The SMILES string of the molecule is CO[C@@]12OCCC[C@H]1[C@@H]1CCCC[C@H]1CO2. The highest BCUT2D eigenvalue weighted by Gasteiger charge is 2.53. The summed E-state index contributed by atoms with van der Waals surface area (Å²) < 4.78 is 17.4. The van der Waals surface area contributed by atoms with Crippen LogP contribution in [0.3, 0.4) is 0 Å². The molecular formula is C13H22O3. The van der Waals surface area contributed by atoms with Crippen LogP contribution in [0.15, 0.2) is 0 Å². The second kappa shape index (κ2) is 4.28. The van der Waals surface area contributed by atoms with Gasteiger partial charge in [-0.1, -0.05) is 12.8 Å². The third kappa shape index (κ3) is 1.60. The lowest BCUT2D eigenvalue weighted by atomic mass is 9.68. The molecule has 4 atom stereocenters. The Morgan fingerprint density at radius 2 is 1.94 bits per heavy atom. The lowest BCUT2D eigenvalue weighted by Gasteiger charge is -2.52. The molecule has 3 nitrogen and oxygen atoms in total. The fraction of sp³-hybridized carbons (Fsp3) is 1.00. The van der Waals surface area contributed by atoms with Gasteiger partial charge in [0.25, 0.3) is 5.97 Å². The van der Waals surface area contributed by atoms with Crippen molar-refractivity contribution in [2.75, 3.05) is 20.3 Å². The van der Waals surface area contributed by atoms with Crippen molar-refractivity contribution >= 4 is 0 Å². The summed E-state index contributed by atoms with van der Waals surface area (Å²) in [6, 6.07) is 0. The summed E-state index contributed by atoms with van der Waals surface area (Å²) in [5.41, 5.74) is 0. The van der Waals surface area contributed by atoms with Gasteiger partial charge in [0.15, 0.2) is 0 Å². The molecule has 2 aliphatic heterocycles. The first-order chi connectivity index (χ1) is 7.86. The molecule has 0 bridgehead atoms. The van der Waals surface area contributed by atoms with Crippen molar-refractivity contribution in [2.24, 2.45) is 17.8 Å². The van der Waals surface area contributed by atoms with Gasteiger partial charge in [0, 0.05) is 13.0 Å². The van der Waals surface area contributed by atoms with Gasteiger partial charge in [0.1, 0.15) is 0 Å². The monoisotopic (exact) mass is 226 g/mol. The van der Waals surface area contributed by atoms with Gasteiger partial charge in [-0.15, -0.1) is 0 Å². The Kier molecular flexibility index (Phi) is 2.94. The Labute approximate surface area is 97.4 Å². The van der Waals surface area contributed by atoms with Crippen molar-refractivity contribution in [1.82, 2.24) is 0 Å². The summed E-state index contributed by atoms with van der Waals surface area (Å²) >= 11 is 0. The quantitative estimate of drug-likeness (QED) is 0.687. The molecular weight excluding hydrogens is 204 g/mol. The van der Waals surface area contributed by atoms with E-state index in [2.05, 4.69) is 0 Å². The molecule has 3 aliphatic rings. The molecule has 1 saturated carbocycles. The highest BCUT2D eigenvalue weighted by Crippen LogP contribution is 2.49. The normalized spacial score (nSPS) is 48.2. The van der Waals surface area contributed by atoms with Crippen LogP contribution in [0.2, 0.25) is 0 Å². The van der Waals surface area contributed by atoms with Gasteiger partial charge in [-0.25, -0.2) is 0 Å². The van der Waals surface area contributed by atoms with E-state index >= 15 is 0 Å². The minimum Gasteiger partial charge on any atom is -0.331 e. The summed E-state index contributed by atoms with van der Waals surface area (Å²) in [6.07, 6.45) is 7.78. The minimum atomic E-state index is -0.698. The summed E-state index contributed by atoms with van der Waals surface area (Å²) in [7, 11) is 1.72. The van der Waals surface area contributed by atoms with Crippen LogP contribution in [0, 0.1) is 17.8 Å². The Morgan fingerprint density at radius 1 is 1.06 bits per heavy atom. The number of rotatable bonds is 1. The van der Waals surface area contributed by atoms with E-state index in [0.717, 1.165) is 31.5 Å². The van der Waals surface area contributed by atoms with Crippen LogP contribution in [0.25, 0.3) is 0 Å². The van der Waals surface area contributed by atoms with Gasteiger partial charge in [-0.05, 0) is 37.5 Å². The first kappa shape index (κ1) is 11.0. The van der Waals surface area contributed by atoms with Crippen molar-refractivity contribution < 1.29 is 14.2 Å². The molecule has 0 N–H and O–H groups in total. The Hall–Kier alpha value is -0.120. The molecule has 0 unspecified atom stereocenters. The maximum atomic E-state index is 5.94. The van der Waals surface area contributed by atoms with Crippen molar-refractivity contribution in [3.8, 4) is 0 Å². The third-order valence-electron chi connectivity index (χ3n) is 4.68. The van der Waals surface area contributed by atoms with Crippen molar-refractivity contribution in [2.45, 2.75) is 44.5 Å². The van der Waals surface area contributed by atoms with Crippen LogP contribution in [0.1, 0.15) is 38.5 Å². The zero-order valence-corrected chi connectivity index (χ0v) is 10.1.